The fourth-order valence-corrected chi connectivity index (χ4v) is 3.36. The second-order valence-corrected chi connectivity index (χ2v) is 7.78. The summed E-state index contributed by atoms with van der Waals surface area (Å²) in [4.78, 5) is 28.5. The van der Waals surface area contributed by atoms with Gasteiger partial charge in [0.05, 0.1) is 21.8 Å². The highest BCUT2D eigenvalue weighted by atomic mass is 35.5. The second kappa shape index (κ2) is 9.69. The zero-order chi connectivity index (χ0) is 21.8. The van der Waals surface area contributed by atoms with Crippen molar-refractivity contribution in [3.63, 3.8) is 0 Å². The largest absolute Gasteiger partial charge is 0.417 e. The maximum absolute atomic E-state index is 12.7. The third kappa shape index (κ3) is 6.25. The summed E-state index contributed by atoms with van der Waals surface area (Å²) in [7, 11) is 0. The van der Waals surface area contributed by atoms with E-state index in [4.69, 9.17) is 23.2 Å². The molecule has 2 rings (SSSR count). The van der Waals surface area contributed by atoms with E-state index in [9.17, 15) is 22.8 Å². The van der Waals surface area contributed by atoms with Crippen LogP contribution in [0.25, 0.3) is 0 Å². The number of nitrogens with one attached hydrogen (secondary N) is 2. The normalized spacial score (nSPS) is 12.4. The summed E-state index contributed by atoms with van der Waals surface area (Å²) in [5.41, 5.74) is -1.27. The number of pyridine rings is 1. The summed E-state index contributed by atoms with van der Waals surface area (Å²) in [6.07, 6.45) is -2.23. The standard InChI is InChI=1S/C18H16Cl2F3N3O2S/c1-9(8-29-2)25-16(27)12-6-11(19)3-4-14(12)26-17(28)15-13(20)5-10(7-24-15)18(21,22)23/h3-7,9H,8H2,1-2H3,(H,25,27)(H,26,28)/t9-/m0/s1. The molecule has 0 unspecified atom stereocenters. The minimum absolute atomic E-state index is 0.0989. The molecule has 5 nitrogen and oxygen atoms in total. The molecular weight excluding hydrogens is 450 g/mol. The molecule has 1 aromatic heterocycles. The van der Waals surface area contributed by atoms with Crippen LogP contribution in [-0.4, -0.2) is 34.8 Å². The van der Waals surface area contributed by atoms with Crippen LogP contribution >= 0.6 is 35.0 Å². The smallest absolute Gasteiger partial charge is 0.349 e. The Bertz CT molecular complexity index is 926. The molecule has 0 radical (unpaired) electrons. The van der Waals surface area contributed by atoms with E-state index in [0.29, 0.717) is 18.0 Å². The molecule has 0 bridgehead atoms. The van der Waals surface area contributed by atoms with Gasteiger partial charge in [-0.05, 0) is 37.4 Å². The Morgan fingerprint density at radius 1 is 1.21 bits per heavy atom. The van der Waals surface area contributed by atoms with Crippen LogP contribution in [0, 0.1) is 0 Å². The van der Waals surface area contributed by atoms with Crippen LogP contribution in [0.2, 0.25) is 10.0 Å². The van der Waals surface area contributed by atoms with Crippen molar-refractivity contribution >= 4 is 52.5 Å². The lowest BCUT2D eigenvalue weighted by atomic mass is 10.1. The maximum atomic E-state index is 12.7. The van der Waals surface area contributed by atoms with Crippen molar-refractivity contribution in [1.29, 1.82) is 0 Å². The van der Waals surface area contributed by atoms with Crippen molar-refractivity contribution in [3.8, 4) is 0 Å². The predicted molar refractivity (Wildman–Crippen MR) is 109 cm³/mol. The molecule has 0 aliphatic heterocycles. The van der Waals surface area contributed by atoms with E-state index in [-0.39, 0.29) is 22.3 Å². The molecule has 1 aromatic carbocycles. The quantitative estimate of drug-likeness (QED) is 0.619. The number of carbonyl (C=O) groups is 2. The number of anilines is 1. The van der Waals surface area contributed by atoms with Crippen LogP contribution in [0.5, 0.6) is 0 Å². The van der Waals surface area contributed by atoms with E-state index in [1.807, 2.05) is 13.2 Å². The van der Waals surface area contributed by atoms with Gasteiger partial charge >= 0.3 is 6.18 Å². The van der Waals surface area contributed by atoms with Crippen LogP contribution in [0.1, 0.15) is 33.3 Å². The summed E-state index contributed by atoms with van der Waals surface area (Å²) in [6, 6.07) is 4.72. The van der Waals surface area contributed by atoms with Crippen molar-refractivity contribution < 1.29 is 22.8 Å². The SMILES string of the molecule is CSC[C@H](C)NC(=O)c1cc(Cl)ccc1NC(=O)c1ncc(C(F)(F)F)cc1Cl. The van der Waals surface area contributed by atoms with Gasteiger partial charge in [-0.15, -0.1) is 0 Å². The first-order valence-electron chi connectivity index (χ1n) is 8.16. The van der Waals surface area contributed by atoms with Crippen molar-refractivity contribution in [2.45, 2.75) is 19.1 Å². The van der Waals surface area contributed by atoms with Gasteiger partial charge in [0, 0.05) is 23.0 Å². The summed E-state index contributed by atoms with van der Waals surface area (Å²) >= 11 is 13.3. The zero-order valence-corrected chi connectivity index (χ0v) is 17.6. The number of aromatic nitrogens is 1. The van der Waals surface area contributed by atoms with Gasteiger partial charge in [0.15, 0.2) is 0 Å². The molecular formula is C18H16Cl2F3N3O2S. The number of carbonyl (C=O) groups excluding carboxylic acids is 2. The van der Waals surface area contributed by atoms with Gasteiger partial charge in [-0.3, -0.25) is 9.59 Å². The van der Waals surface area contributed by atoms with E-state index in [1.54, 1.807) is 11.8 Å². The molecule has 156 valence electrons. The molecule has 2 amide bonds. The Hall–Kier alpha value is -1.97. The number of thioether (sulfide) groups is 1. The van der Waals surface area contributed by atoms with Crippen LogP contribution < -0.4 is 10.6 Å². The fourth-order valence-electron chi connectivity index (χ4n) is 2.35. The van der Waals surface area contributed by atoms with Crippen LogP contribution in [0.15, 0.2) is 30.5 Å². The molecule has 0 saturated carbocycles. The van der Waals surface area contributed by atoms with E-state index in [2.05, 4.69) is 15.6 Å². The summed E-state index contributed by atoms with van der Waals surface area (Å²) in [5.74, 6) is -0.646. The molecule has 2 N–H and O–H groups in total. The number of alkyl halides is 3. The Morgan fingerprint density at radius 2 is 1.90 bits per heavy atom. The molecule has 2 aromatic rings. The third-order valence-electron chi connectivity index (χ3n) is 3.65. The lowest BCUT2D eigenvalue weighted by Crippen LogP contribution is -2.34. The number of nitrogens with zero attached hydrogens (tertiary/aromatic N) is 1. The highest BCUT2D eigenvalue weighted by molar-refractivity contribution is 7.98. The second-order valence-electron chi connectivity index (χ2n) is 6.03. The molecule has 11 heteroatoms. The molecule has 29 heavy (non-hydrogen) atoms. The summed E-state index contributed by atoms with van der Waals surface area (Å²) in [6.45, 7) is 1.82. The Kier molecular flexibility index (Phi) is 7.79. The summed E-state index contributed by atoms with van der Waals surface area (Å²) in [5, 5.41) is 5.03. The first-order chi connectivity index (χ1) is 13.5. The molecule has 0 aliphatic rings. The van der Waals surface area contributed by atoms with Gasteiger partial charge in [-0.2, -0.15) is 24.9 Å². The van der Waals surface area contributed by atoms with Crippen LogP contribution in [-0.2, 0) is 6.18 Å². The average Bonchev–Trinajstić information content (AvgIpc) is 2.62. The van der Waals surface area contributed by atoms with Gasteiger partial charge in [0.25, 0.3) is 11.8 Å². The van der Waals surface area contributed by atoms with E-state index in [0.717, 1.165) is 0 Å². The number of amides is 2. The summed E-state index contributed by atoms with van der Waals surface area (Å²) < 4.78 is 38.2. The van der Waals surface area contributed by atoms with Crippen molar-refractivity contribution in [3.05, 3.63) is 57.3 Å². The average molecular weight is 466 g/mol. The lowest BCUT2D eigenvalue weighted by Gasteiger charge is -2.16. The Balaban J connectivity index is 2.28. The number of halogens is 5. The molecule has 1 heterocycles. The topological polar surface area (TPSA) is 71.1 Å². The molecule has 0 aliphatic carbocycles. The number of hydrogen-bond donors (Lipinski definition) is 2. The highest BCUT2D eigenvalue weighted by Gasteiger charge is 2.32. The van der Waals surface area contributed by atoms with Crippen molar-refractivity contribution in [2.24, 2.45) is 0 Å². The first-order valence-corrected chi connectivity index (χ1v) is 10.3. The zero-order valence-electron chi connectivity index (χ0n) is 15.2. The first kappa shape index (κ1) is 23.3. The number of benzene rings is 1. The van der Waals surface area contributed by atoms with Gasteiger partial charge in [-0.25, -0.2) is 4.98 Å². The van der Waals surface area contributed by atoms with Crippen LogP contribution in [0.4, 0.5) is 18.9 Å². The lowest BCUT2D eigenvalue weighted by molar-refractivity contribution is -0.137. The minimum atomic E-state index is -4.64. The van der Waals surface area contributed by atoms with Crippen molar-refractivity contribution in [1.82, 2.24) is 10.3 Å². The van der Waals surface area contributed by atoms with Gasteiger partial charge < -0.3 is 10.6 Å². The third-order valence-corrected chi connectivity index (χ3v) is 5.01. The van der Waals surface area contributed by atoms with Gasteiger partial charge in [-0.1, -0.05) is 23.2 Å². The molecule has 0 fully saturated rings. The number of hydrogen-bond acceptors (Lipinski definition) is 4. The highest BCUT2D eigenvalue weighted by Crippen LogP contribution is 2.31. The maximum Gasteiger partial charge on any atom is 0.417 e. The Labute approximate surface area is 179 Å². The molecule has 0 spiro atoms. The van der Waals surface area contributed by atoms with E-state index >= 15 is 0 Å². The van der Waals surface area contributed by atoms with Gasteiger partial charge in [0.1, 0.15) is 5.69 Å². The molecule has 0 saturated heterocycles. The van der Waals surface area contributed by atoms with E-state index < -0.39 is 34.3 Å². The van der Waals surface area contributed by atoms with Gasteiger partial charge in [0.2, 0.25) is 0 Å². The minimum Gasteiger partial charge on any atom is -0.349 e. The monoisotopic (exact) mass is 465 g/mol. The number of rotatable bonds is 6. The predicted octanol–water partition coefficient (Wildman–Crippen LogP) is 5.14. The Morgan fingerprint density at radius 3 is 2.48 bits per heavy atom. The van der Waals surface area contributed by atoms with E-state index in [1.165, 1.54) is 18.2 Å². The fraction of sp³-hybridized carbons (Fsp3) is 0.278. The van der Waals surface area contributed by atoms with Crippen molar-refractivity contribution in [2.75, 3.05) is 17.3 Å². The molecule has 1 atom stereocenters. The van der Waals surface area contributed by atoms with Crippen LogP contribution in [0.3, 0.4) is 0 Å².